The van der Waals surface area contributed by atoms with E-state index < -0.39 is 0 Å². The maximum Gasteiger partial charge on any atom is 0.0529 e. The first-order valence-corrected chi connectivity index (χ1v) is 41.7. The first kappa shape index (κ1) is 79.8. The molecule has 0 bridgehead atoms. The van der Waals surface area contributed by atoms with E-state index in [1.54, 1.807) is 0 Å². The van der Waals surface area contributed by atoms with E-state index in [0.29, 0.717) is 0 Å². The summed E-state index contributed by atoms with van der Waals surface area (Å²) in [5.74, 6) is 0. The maximum atomic E-state index is 4.64. The second-order valence-electron chi connectivity index (χ2n) is 34.4. The first-order valence-electron chi connectivity index (χ1n) is 41.7. The fourth-order valence-corrected chi connectivity index (χ4v) is 19.4. The lowest BCUT2D eigenvalue weighted by molar-refractivity contribution is 1.07. The third-order valence-corrected chi connectivity index (χ3v) is 27.4. The van der Waals surface area contributed by atoms with Crippen LogP contribution in [-0.2, 0) is 44.9 Å². The van der Waals surface area contributed by atoms with E-state index in [-0.39, 0.29) is 0 Å². The van der Waals surface area contributed by atoms with Gasteiger partial charge >= 0.3 is 0 Å². The average Bonchev–Trinajstić information content (AvgIpc) is 1.61. The largest absolute Gasteiger partial charge is 0.260 e. The minimum Gasteiger partial charge on any atom is -0.260 e. The van der Waals surface area contributed by atoms with Gasteiger partial charge in [0.25, 0.3) is 0 Å². The quantitative estimate of drug-likeness (QED) is 0.149. The summed E-state index contributed by atoms with van der Waals surface area (Å²) >= 11 is 0. The number of benzene rings is 7. The molecule has 7 aliphatic rings. The highest BCUT2D eigenvalue weighted by Gasteiger charge is 2.31. The lowest BCUT2D eigenvalue weighted by Crippen LogP contribution is -1.98. The fraction of sp³-hybridized carbons (Fsp3) is 0.294. The van der Waals surface area contributed by atoms with Crippen LogP contribution in [0.25, 0.3) is 77.9 Å². The van der Waals surface area contributed by atoms with E-state index in [4.69, 9.17) is 0 Å². The van der Waals surface area contributed by atoms with Crippen LogP contribution >= 0.6 is 0 Å². The molecule has 116 heavy (non-hydrogen) atoms. The van der Waals surface area contributed by atoms with Crippen molar-refractivity contribution >= 4 is 0 Å². The van der Waals surface area contributed by atoms with Crippen LogP contribution in [0.4, 0.5) is 0 Å². The van der Waals surface area contributed by atoms with Crippen molar-refractivity contribution in [3.63, 3.8) is 0 Å². The van der Waals surface area contributed by atoms with Crippen molar-refractivity contribution in [2.45, 2.75) is 218 Å². The summed E-state index contributed by atoms with van der Waals surface area (Å²) in [7, 11) is 0. The highest BCUT2D eigenvalue weighted by molar-refractivity contribution is 5.87. The highest BCUT2D eigenvalue weighted by atomic mass is 14.7. The van der Waals surface area contributed by atoms with Gasteiger partial charge < -0.3 is 0 Å². The van der Waals surface area contributed by atoms with Crippen LogP contribution in [0, 0.1) is 173 Å². The van der Waals surface area contributed by atoms with Gasteiger partial charge in [0.15, 0.2) is 0 Å². The van der Waals surface area contributed by atoms with Crippen LogP contribution in [0.5, 0.6) is 0 Å². The molecule has 0 saturated carbocycles. The summed E-state index contributed by atoms with van der Waals surface area (Å²) in [4.78, 5) is 31.8. The van der Waals surface area contributed by atoms with Crippen molar-refractivity contribution in [2.24, 2.45) is 0 Å². The van der Waals surface area contributed by atoms with Crippen molar-refractivity contribution in [3.8, 4) is 77.9 Å². The topological polar surface area (TPSA) is 90.2 Å². The zero-order valence-electron chi connectivity index (χ0n) is 73.4. The second kappa shape index (κ2) is 31.7. The van der Waals surface area contributed by atoms with Gasteiger partial charge in [-0.25, -0.2) is 0 Å². The van der Waals surface area contributed by atoms with Crippen molar-refractivity contribution < 1.29 is 0 Å². The average molecular weight is 1520 g/mol. The van der Waals surface area contributed by atoms with E-state index in [2.05, 4.69) is 305 Å². The Morgan fingerprint density at radius 2 is 0.569 bits per heavy atom. The predicted octanol–water partition coefficient (Wildman–Crippen LogP) is 26.3. The Kier molecular flexibility index (Phi) is 21.8. The first-order chi connectivity index (χ1) is 55.4. The zero-order valence-corrected chi connectivity index (χ0v) is 73.4. The SMILES string of the molecule is Cc1c(C)c(C)c2c(c1C)Cc1ncccc1-2.Cc1cc2c(c(C)c1C)-c1cccnc1C2.Cc1ccc2c(c1C)-c1c(C)ccnc1C2.Cc1ccc2c(n1)Cc1ccc(C)c(C)c1-2.Cc1ccnc2c1-c1c(C)c(C)c(C)c(C)c1C2.Cc1cnc2c(c1)-c1c(C)c(C)cc(C)c1C2.Cc1cnc2c(c1)-c1c(ccc(C)c1C)C2. The number of hydrogen-bond acceptors (Lipinski definition) is 7. The van der Waals surface area contributed by atoms with Gasteiger partial charge in [0.1, 0.15) is 0 Å². The Hall–Kier alpha value is -11.4. The van der Waals surface area contributed by atoms with Crippen molar-refractivity contribution in [2.75, 3.05) is 0 Å². The molecule has 14 aromatic rings. The van der Waals surface area contributed by atoms with Gasteiger partial charge in [0.05, 0.1) is 39.9 Å². The van der Waals surface area contributed by atoms with Gasteiger partial charge in [-0.1, -0.05) is 66.7 Å². The number of hydrogen-bond donors (Lipinski definition) is 0. The van der Waals surface area contributed by atoms with Crippen LogP contribution in [-0.4, -0.2) is 34.9 Å². The van der Waals surface area contributed by atoms with E-state index in [1.807, 2.05) is 49.3 Å². The molecule has 0 atom stereocenters. The summed E-state index contributed by atoms with van der Waals surface area (Å²) < 4.78 is 0. The molecular formula is C109H113N7. The fourth-order valence-electron chi connectivity index (χ4n) is 19.4. The number of fused-ring (bicyclic) bond motifs is 21. The lowest BCUT2D eigenvalue weighted by atomic mass is 9.88. The van der Waals surface area contributed by atoms with Gasteiger partial charge in [0, 0.05) is 127 Å². The van der Waals surface area contributed by atoms with Crippen molar-refractivity contribution in [1.29, 1.82) is 0 Å². The Morgan fingerprint density at radius 1 is 0.198 bits per heavy atom. The minimum absolute atomic E-state index is 0.992. The molecule has 7 heteroatoms. The van der Waals surface area contributed by atoms with Crippen LogP contribution in [0.3, 0.4) is 0 Å². The molecule has 0 radical (unpaired) electrons. The number of aryl methyl sites for hydroxylation is 11. The summed E-state index contributed by atoms with van der Waals surface area (Å²) in [6.45, 7) is 55.0. The van der Waals surface area contributed by atoms with Gasteiger partial charge in [0.2, 0.25) is 0 Å². The highest BCUT2D eigenvalue weighted by Crippen LogP contribution is 2.48. The van der Waals surface area contributed by atoms with Crippen molar-refractivity contribution in [3.05, 3.63) is 364 Å². The molecular weight excluding hydrogens is 1410 g/mol. The Labute approximate surface area is 690 Å². The normalized spacial score (nSPS) is 12.5. The van der Waals surface area contributed by atoms with Crippen molar-refractivity contribution in [1.82, 2.24) is 34.9 Å². The Morgan fingerprint density at radius 3 is 1.16 bits per heavy atom. The van der Waals surface area contributed by atoms with Gasteiger partial charge in [-0.3, -0.25) is 34.9 Å². The predicted molar refractivity (Wildman–Crippen MR) is 486 cm³/mol. The third kappa shape index (κ3) is 14.2. The standard InChI is InChI=1S/C17H19N.2C16H17N.4C15H15N/c1-9-6-7-18-15-8-14-12(4)10(2)11(3)13(5)17(14)16(9)15;1-9-5-14-15(17-8-9)7-13-11(3)6-10(2)12(4)16(13)14;1-9-10(2)12(4)16-13-6-5-7-17-15(13)8-14(16)11(9)3;1-9-4-6-12-8-14-13(15(12)11(9)3)7-5-10(2)16-14;1-9-6-13-14(16-8-9)7-12-5-4-10(2)11(3)15(12)13;1-9-4-5-12-8-13-14(15(12)11(9)3)10(2)6-7-16-13;1-9-7-12-8-14-13(5-4-6-16-14)15(12)11(3)10(9)2/h6-7H,8H2,1-5H3;5-6,8H,7H2,1-4H3;5-7H,8H2,1-4H3;4-7H,8H2,1-3H3;4-6,8H,7H2,1-3H3;2*4-7H,8H2,1-3H3. The number of aromatic nitrogens is 7. The van der Waals surface area contributed by atoms with E-state index in [9.17, 15) is 0 Å². The van der Waals surface area contributed by atoms with E-state index >= 15 is 0 Å². The van der Waals surface area contributed by atoms with Gasteiger partial charge in [-0.15, -0.1) is 0 Å². The van der Waals surface area contributed by atoms with E-state index in [0.717, 1.165) is 50.6 Å². The minimum atomic E-state index is 0.992. The number of pyridine rings is 7. The molecule has 0 saturated heterocycles. The molecule has 0 fully saturated rings. The molecule has 7 aromatic carbocycles. The molecule has 21 rings (SSSR count). The summed E-state index contributed by atoms with van der Waals surface area (Å²) in [5, 5.41) is 0. The van der Waals surface area contributed by atoms with E-state index in [1.165, 1.54) is 290 Å². The molecule has 584 valence electrons. The number of nitrogens with zero attached hydrogens (tertiary/aromatic N) is 7. The maximum absolute atomic E-state index is 4.64. The molecule has 0 spiro atoms. The smallest absolute Gasteiger partial charge is 0.0529 e. The van der Waals surface area contributed by atoms with Crippen LogP contribution in [0.1, 0.15) is 218 Å². The summed E-state index contributed by atoms with van der Waals surface area (Å²) in [5.41, 5.74) is 72.9. The van der Waals surface area contributed by atoms with Crippen LogP contribution in [0.15, 0.2) is 146 Å². The summed E-state index contributed by atoms with van der Waals surface area (Å²) in [6, 6.07) is 39.6. The number of rotatable bonds is 0. The molecule has 0 N–H and O–H groups in total. The molecule has 0 amide bonds. The Balaban J connectivity index is 0.000000106. The third-order valence-electron chi connectivity index (χ3n) is 27.4. The second-order valence-corrected chi connectivity index (χ2v) is 34.4. The molecule has 7 heterocycles. The van der Waals surface area contributed by atoms with Crippen LogP contribution < -0.4 is 0 Å². The Bertz CT molecular complexity index is 6410. The molecule has 0 unspecified atom stereocenters. The molecule has 0 aliphatic heterocycles. The zero-order chi connectivity index (χ0) is 82.5. The van der Waals surface area contributed by atoms with Crippen LogP contribution in [0.2, 0.25) is 0 Å². The monoisotopic (exact) mass is 1520 g/mol. The molecule has 7 aromatic heterocycles. The van der Waals surface area contributed by atoms with Gasteiger partial charge in [-0.05, 0) is 427 Å². The molecule has 7 nitrogen and oxygen atoms in total. The molecule has 7 aliphatic carbocycles. The lowest BCUT2D eigenvalue weighted by Gasteiger charge is -2.16. The van der Waals surface area contributed by atoms with Gasteiger partial charge in [-0.2, -0.15) is 0 Å². The summed E-state index contributed by atoms with van der Waals surface area (Å²) in [6.07, 6.45) is 18.6.